The van der Waals surface area contributed by atoms with E-state index < -0.39 is 16.4 Å². The Kier molecular flexibility index (Phi) is 6.19. The Bertz CT molecular complexity index is 1340. The molecule has 0 saturated heterocycles. The average Bonchev–Trinajstić information content (AvgIpc) is 3.41. The molecule has 2 heterocycles. The van der Waals surface area contributed by atoms with E-state index in [9.17, 15) is 22.0 Å². The Morgan fingerprint density at radius 1 is 1.12 bits per heavy atom. The number of alkyl halides is 2. The van der Waals surface area contributed by atoms with Crippen LogP contribution in [-0.4, -0.2) is 23.9 Å². The van der Waals surface area contributed by atoms with E-state index in [1.165, 1.54) is 53.9 Å². The summed E-state index contributed by atoms with van der Waals surface area (Å²) < 4.78 is 54.8. The lowest BCUT2D eigenvalue weighted by Gasteiger charge is -2.09. The second-order valence-corrected chi connectivity index (χ2v) is 9.47. The lowest BCUT2D eigenvalue weighted by molar-refractivity contribution is -0.116. The predicted molar refractivity (Wildman–Crippen MR) is 120 cm³/mol. The predicted octanol–water partition coefficient (Wildman–Crippen LogP) is 4.87. The minimum atomic E-state index is -3.77. The summed E-state index contributed by atoms with van der Waals surface area (Å²) in [5.74, 6) is -0.284. The molecule has 0 bridgehead atoms. The molecule has 0 fully saturated rings. The topological polar surface area (TPSA) is 93.1 Å². The number of benzene rings is 2. The third kappa shape index (κ3) is 4.94. The largest absolute Gasteiger partial charge is 0.347 e. The normalized spacial score (nSPS) is 11.7. The molecule has 11 heteroatoms. The number of fused-ring (bicyclic) bond motifs is 1. The summed E-state index contributed by atoms with van der Waals surface area (Å²) in [4.78, 5) is 16.3. The highest BCUT2D eigenvalue weighted by atomic mass is 32.2. The highest BCUT2D eigenvalue weighted by Crippen LogP contribution is 2.25. The number of aromatic nitrogens is 2. The van der Waals surface area contributed by atoms with Crippen molar-refractivity contribution in [1.29, 1.82) is 0 Å². The van der Waals surface area contributed by atoms with E-state index in [1.807, 2.05) is 0 Å². The number of sulfonamides is 1. The Morgan fingerprint density at radius 2 is 1.91 bits per heavy atom. The maximum absolute atomic E-state index is 13.0. The number of carbonyl (C=O) groups excluding carboxylic acids is 1. The molecule has 166 valence electrons. The molecule has 0 saturated carbocycles. The summed E-state index contributed by atoms with van der Waals surface area (Å²) in [6, 6.07) is 12.0. The molecule has 1 amide bonds. The summed E-state index contributed by atoms with van der Waals surface area (Å²) in [6.07, 6.45) is 0.807. The lowest BCUT2D eigenvalue weighted by Crippen LogP contribution is -2.15. The molecule has 4 rings (SSSR count). The number of rotatable bonds is 8. The van der Waals surface area contributed by atoms with Gasteiger partial charge in [0.2, 0.25) is 5.91 Å². The molecular formula is C21H18F2N4O3S2. The van der Waals surface area contributed by atoms with Gasteiger partial charge in [0.15, 0.2) is 5.13 Å². The highest BCUT2D eigenvalue weighted by Gasteiger charge is 2.16. The van der Waals surface area contributed by atoms with Crippen LogP contribution in [0, 0.1) is 0 Å². The summed E-state index contributed by atoms with van der Waals surface area (Å²) >= 11 is 1.17. The van der Waals surface area contributed by atoms with Crippen molar-refractivity contribution in [3.05, 3.63) is 71.9 Å². The number of halogens is 2. The van der Waals surface area contributed by atoms with Crippen LogP contribution in [0.1, 0.15) is 18.4 Å². The highest BCUT2D eigenvalue weighted by molar-refractivity contribution is 7.93. The van der Waals surface area contributed by atoms with E-state index in [-0.39, 0.29) is 27.9 Å². The van der Waals surface area contributed by atoms with Gasteiger partial charge >= 0.3 is 0 Å². The number of thiazole rings is 1. The maximum atomic E-state index is 13.0. The van der Waals surface area contributed by atoms with Gasteiger partial charge in [-0.15, -0.1) is 11.3 Å². The average molecular weight is 477 g/mol. The number of nitrogens with zero attached hydrogens (tertiary/aromatic N) is 2. The van der Waals surface area contributed by atoms with Gasteiger partial charge in [-0.1, -0.05) is 12.1 Å². The SMILES string of the molecule is O=C(CCn1ccc2ccc(C(F)F)cc21)Nc1ccc(S(=O)(=O)Nc2nccs2)cc1. The zero-order valence-electron chi connectivity index (χ0n) is 16.5. The van der Waals surface area contributed by atoms with Crippen molar-refractivity contribution in [1.82, 2.24) is 9.55 Å². The van der Waals surface area contributed by atoms with Gasteiger partial charge in [0.1, 0.15) is 0 Å². The summed E-state index contributed by atoms with van der Waals surface area (Å²) in [7, 11) is -3.77. The van der Waals surface area contributed by atoms with Gasteiger partial charge in [-0.25, -0.2) is 22.2 Å². The Labute approximate surface area is 186 Å². The second kappa shape index (κ2) is 9.05. The molecule has 0 radical (unpaired) electrons. The number of nitrogens with one attached hydrogen (secondary N) is 2. The standard InChI is InChI=1S/C21H18F2N4O3S2/c22-20(23)15-2-1-14-7-10-27(18(14)13-15)11-8-19(28)25-16-3-5-17(6-4-16)32(29,30)26-21-24-9-12-31-21/h1-7,9-10,12-13,20H,8,11H2,(H,24,26)(H,25,28). The molecule has 0 aliphatic rings. The quantitative estimate of drug-likeness (QED) is 0.380. The first-order valence-corrected chi connectivity index (χ1v) is 11.9. The van der Waals surface area contributed by atoms with Crippen molar-refractivity contribution in [2.24, 2.45) is 0 Å². The van der Waals surface area contributed by atoms with E-state index in [4.69, 9.17) is 0 Å². The van der Waals surface area contributed by atoms with Crippen LogP contribution < -0.4 is 10.0 Å². The summed E-state index contributed by atoms with van der Waals surface area (Å²) in [5, 5.41) is 5.45. The Balaban J connectivity index is 1.37. The second-order valence-electron chi connectivity index (χ2n) is 6.89. The van der Waals surface area contributed by atoms with Gasteiger partial charge in [0.05, 0.1) is 4.90 Å². The number of hydrogen-bond acceptors (Lipinski definition) is 5. The number of carbonyl (C=O) groups is 1. The van der Waals surface area contributed by atoms with Gasteiger partial charge in [-0.05, 0) is 41.8 Å². The third-order valence-electron chi connectivity index (χ3n) is 4.73. The Hall–Kier alpha value is -3.31. The number of hydrogen-bond donors (Lipinski definition) is 2. The first kappa shape index (κ1) is 21.9. The zero-order valence-corrected chi connectivity index (χ0v) is 18.2. The molecule has 2 N–H and O–H groups in total. The van der Waals surface area contributed by atoms with Crippen molar-refractivity contribution >= 4 is 49.0 Å². The van der Waals surface area contributed by atoms with Gasteiger partial charge in [0.25, 0.3) is 16.4 Å². The first-order chi connectivity index (χ1) is 15.3. The molecule has 4 aromatic rings. The number of amides is 1. The van der Waals surface area contributed by atoms with Crippen LogP contribution in [0.5, 0.6) is 0 Å². The van der Waals surface area contributed by atoms with Crippen molar-refractivity contribution in [3.8, 4) is 0 Å². The third-order valence-corrected chi connectivity index (χ3v) is 6.90. The fourth-order valence-corrected chi connectivity index (χ4v) is 4.93. The molecule has 0 aliphatic carbocycles. The minimum Gasteiger partial charge on any atom is -0.347 e. The van der Waals surface area contributed by atoms with E-state index in [0.29, 0.717) is 17.7 Å². The fraction of sp³-hybridized carbons (Fsp3) is 0.143. The molecule has 0 spiro atoms. The molecule has 0 atom stereocenters. The summed E-state index contributed by atoms with van der Waals surface area (Å²) in [5.41, 5.74) is 1.01. The van der Waals surface area contributed by atoms with E-state index >= 15 is 0 Å². The van der Waals surface area contributed by atoms with Crippen LogP contribution in [0.4, 0.5) is 19.6 Å². The van der Waals surface area contributed by atoms with Crippen LogP contribution in [0.2, 0.25) is 0 Å². The van der Waals surface area contributed by atoms with E-state index in [0.717, 1.165) is 5.39 Å². The lowest BCUT2D eigenvalue weighted by atomic mass is 10.2. The van der Waals surface area contributed by atoms with Crippen LogP contribution in [0.25, 0.3) is 10.9 Å². The monoisotopic (exact) mass is 476 g/mol. The van der Waals surface area contributed by atoms with Gasteiger partial charge in [-0.2, -0.15) is 0 Å². The van der Waals surface area contributed by atoms with Crippen molar-refractivity contribution in [2.75, 3.05) is 10.0 Å². The molecule has 2 aromatic carbocycles. The van der Waals surface area contributed by atoms with Crippen LogP contribution in [0.3, 0.4) is 0 Å². The molecule has 0 aliphatic heterocycles. The van der Waals surface area contributed by atoms with Crippen molar-refractivity contribution in [2.45, 2.75) is 24.3 Å². The van der Waals surface area contributed by atoms with Gasteiger partial charge in [0, 0.05) is 47.5 Å². The van der Waals surface area contributed by atoms with Crippen molar-refractivity contribution in [3.63, 3.8) is 0 Å². The smallest absolute Gasteiger partial charge is 0.263 e. The zero-order chi connectivity index (χ0) is 22.7. The molecule has 0 unspecified atom stereocenters. The van der Waals surface area contributed by atoms with E-state index in [2.05, 4.69) is 15.0 Å². The molecule has 7 nitrogen and oxygen atoms in total. The Morgan fingerprint density at radius 3 is 2.59 bits per heavy atom. The van der Waals surface area contributed by atoms with Crippen molar-refractivity contribution < 1.29 is 22.0 Å². The maximum Gasteiger partial charge on any atom is 0.263 e. The summed E-state index contributed by atoms with van der Waals surface area (Å²) in [6.45, 7) is 0.312. The van der Waals surface area contributed by atoms with Gasteiger partial charge in [-0.3, -0.25) is 9.52 Å². The number of anilines is 2. The van der Waals surface area contributed by atoms with Crippen LogP contribution in [-0.2, 0) is 21.4 Å². The van der Waals surface area contributed by atoms with E-state index in [1.54, 1.807) is 28.3 Å². The van der Waals surface area contributed by atoms with Gasteiger partial charge < -0.3 is 9.88 Å². The minimum absolute atomic E-state index is 0.0411. The molecular weight excluding hydrogens is 458 g/mol. The molecule has 2 aromatic heterocycles. The fourth-order valence-electron chi connectivity index (χ4n) is 3.14. The van der Waals surface area contributed by atoms with Crippen LogP contribution >= 0.6 is 11.3 Å². The van der Waals surface area contributed by atoms with Crippen LogP contribution in [0.15, 0.2) is 71.2 Å². The first-order valence-electron chi connectivity index (χ1n) is 9.51. The molecule has 32 heavy (non-hydrogen) atoms. The number of aryl methyl sites for hydroxylation is 1.